The molecule has 0 bridgehead atoms. The standard InChI is InChI=1S/C16H33NO/c1-5-13-7-6-8-14(10-9-13)17-12-15(18)11-16(2,3)4/h13-15,17-18H,5-12H2,1-4H3. The summed E-state index contributed by atoms with van der Waals surface area (Å²) in [5, 5.41) is 13.6. The molecule has 18 heavy (non-hydrogen) atoms. The molecule has 1 fully saturated rings. The Hall–Kier alpha value is -0.0800. The van der Waals surface area contributed by atoms with E-state index in [0.29, 0.717) is 6.04 Å². The van der Waals surface area contributed by atoms with Gasteiger partial charge in [-0.05, 0) is 37.0 Å². The molecule has 0 amide bonds. The van der Waals surface area contributed by atoms with Gasteiger partial charge < -0.3 is 10.4 Å². The molecule has 0 aromatic carbocycles. The fourth-order valence-electron chi connectivity index (χ4n) is 3.07. The third-order valence-electron chi connectivity index (χ3n) is 4.16. The molecule has 1 aliphatic rings. The molecule has 1 rings (SSSR count). The van der Waals surface area contributed by atoms with Gasteiger partial charge in [0.15, 0.2) is 0 Å². The average molecular weight is 255 g/mol. The van der Waals surface area contributed by atoms with Crippen molar-refractivity contribution in [3.05, 3.63) is 0 Å². The molecule has 1 aliphatic carbocycles. The van der Waals surface area contributed by atoms with E-state index in [0.717, 1.165) is 18.9 Å². The highest BCUT2D eigenvalue weighted by Crippen LogP contribution is 2.26. The van der Waals surface area contributed by atoms with Gasteiger partial charge in [-0.2, -0.15) is 0 Å². The monoisotopic (exact) mass is 255 g/mol. The van der Waals surface area contributed by atoms with E-state index >= 15 is 0 Å². The second kappa shape index (κ2) is 7.49. The van der Waals surface area contributed by atoms with Crippen LogP contribution < -0.4 is 5.32 Å². The summed E-state index contributed by atoms with van der Waals surface area (Å²) in [6, 6.07) is 0.635. The van der Waals surface area contributed by atoms with Crippen LogP contribution in [0.4, 0.5) is 0 Å². The highest BCUT2D eigenvalue weighted by atomic mass is 16.3. The predicted octanol–water partition coefficient (Wildman–Crippen LogP) is 3.73. The molecule has 3 unspecified atom stereocenters. The van der Waals surface area contributed by atoms with Crippen LogP contribution in [0.3, 0.4) is 0 Å². The summed E-state index contributed by atoms with van der Waals surface area (Å²) >= 11 is 0. The highest BCUT2D eigenvalue weighted by molar-refractivity contribution is 4.77. The van der Waals surface area contributed by atoms with Crippen molar-refractivity contribution in [2.45, 2.75) is 84.8 Å². The molecule has 2 N–H and O–H groups in total. The van der Waals surface area contributed by atoms with Gasteiger partial charge in [0, 0.05) is 12.6 Å². The van der Waals surface area contributed by atoms with Crippen LogP contribution in [0.15, 0.2) is 0 Å². The van der Waals surface area contributed by atoms with Gasteiger partial charge in [0.2, 0.25) is 0 Å². The van der Waals surface area contributed by atoms with Crippen molar-refractivity contribution >= 4 is 0 Å². The summed E-state index contributed by atoms with van der Waals surface area (Å²) in [5.41, 5.74) is 0.220. The second-order valence-corrected chi connectivity index (χ2v) is 7.31. The van der Waals surface area contributed by atoms with Gasteiger partial charge in [-0.1, -0.05) is 47.0 Å². The Morgan fingerprint density at radius 2 is 1.89 bits per heavy atom. The molecule has 0 aromatic heterocycles. The molecule has 3 atom stereocenters. The van der Waals surface area contributed by atoms with E-state index in [-0.39, 0.29) is 11.5 Å². The first-order valence-corrected chi connectivity index (χ1v) is 7.82. The topological polar surface area (TPSA) is 32.3 Å². The Bertz CT molecular complexity index is 222. The molecule has 0 saturated heterocycles. The number of nitrogens with one attached hydrogen (secondary N) is 1. The first-order chi connectivity index (χ1) is 8.40. The maximum atomic E-state index is 10.0. The fraction of sp³-hybridized carbons (Fsp3) is 1.00. The van der Waals surface area contributed by atoms with Gasteiger partial charge in [0.25, 0.3) is 0 Å². The minimum absolute atomic E-state index is 0.199. The van der Waals surface area contributed by atoms with Crippen LogP contribution in [-0.2, 0) is 0 Å². The smallest absolute Gasteiger partial charge is 0.0669 e. The molecular formula is C16H33NO. The van der Waals surface area contributed by atoms with Crippen LogP contribution in [0.5, 0.6) is 0 Å². The summed E-state index contributed by atoms with van der Waals surface area (Å²) in [6.07, 6.45) is 8.72. The maximum Gasteiger partial charge on any atom is 0.0669 e. The van der Waals surface area contributed by atoms with Crippen LogP contribution in [0.1, 0.15) is 72.6 Å². The highest BCUT2D eigenvalue weighted by Gasteiger charge is 2.20. The Kier molecular flexibility index (Phi) is 6.65. The molecular weight excluding hydrogens is 222 g/mol. The Balaban J connectivity index is 2.22. The van der Waals surface area contributed by atoms with Crippen LogP contribution in [0, 0.1) is 11.3 Å². The van der Waals surface area contributed by atoms with Crippen LogP contribution in [0.2, 0.25) is 0 Å². The van der Waals surface area contributed by atoms with Crippen molar-refractivity contribution in [3.8, 4) is 0 Å². The van der Waals surface area contributed by atoms with Crippen molar-refractivity contribution in [3.63, 3.8) is 0 Å². The number of hydrogen-bond donors (Lipinski definition) is 2. The van der Waals surface area contributed by atoms with Crippen LogP contribution in [0.25, 0.3) is 0 Å². The zero-order valence-electron chi connectivity index (χ0n) is 12.8. The molecule has 0 spiro atoms. The van der Waals surface area contributed by atoms with Gasteiger partial charge in [-0.25, -0.2) is 0 Å². The normalized spacial score (nSPS) is 27.8. The minimum atomic E-state index is -0.199. The number of rotatable bonds is 5. The minimum Gasteiger partial charge on any atom is -0.392 e. The lowest BCUT2D eigenvalue weighted by Gasteiger charge is -2.24. The number of hydrogen-bond acceptors (Lipinski definition) is 2. The van der Waals surface area contributed by atoms with Gasteiger partial charge in [0.1, 0.15) is 0 Å². The van der Waals surface area contributed by atoms with E-state index in [1.807, 2.05) is 0 Å². The summed E-state index contributed by atoms with van der Waals surface area (Å²) in [5.74, 6) is 0.941. The summed E-state index contributed by atoms with van der Waals surface area (Å²) in [7, 11) is 0. The number of aliphatic hydroxyl groups excluding tert-OH is 1. The molecule has 1 saturated carbocycles. The lowest BCUT2D eigenvalue weighted by molar-refractivity contribution is 0.115. The first-order valence-electron chi connectivity index (χ1n) is 7.82. The third kappa shape index (κ3) is 6.75. The van der Waals surface area contributed by atoms with Gasteiger partial charge in [0.05, 0.1) is 6.10 Å². The Labute approximate surface area is 114 Å². The molecule has 2 nitrogen and oxygen atoms in total. The first kappa shape index (κ1) is 16.0. The quantitative estimate of drug-likeness (QED) is 0.734. The Morgan fingerprint density at radius 3 is 2.50 bits per heavy atom. The SMILES string of the molecule is CCC1CCCC(NCC(O)CC(C)(C)C)CC1. The molecule has 2 heteroatoms. The zero-order chi connectivity index (χ0) is 13.6. The van der Waals surface area contributed by atoms with Crippen molar-refractivity contribution in [2.75, 3.05) is 6.54 Å². The lowest BCUT2D eigenvalue weighted by atomic mass is 9.89. The van der Waals surface area contributed by atoms with E-state index < -0.39 is 0 Å². The van der Waals surface area contributed by atoms with Gasteiger partial charge >= 0.3 is 0 Å². The largest absolute Gasteiger partial charge is 0.392 e. The van der Waals surface area contributed by atoms with E-state index in [4.69, 9.17) is 0 Å². The molecule has 108 valence electrons. The fourth-order valence-corrected chi connectivity index (χ4v) is 3.07. The van der Waals surface area contributed by atoms with Crippen molar-refractivity contribution < 1.29 is 5.11 Å². The summed E-state index contributed by atoms with van der Waals surface area (Å²) in [6.45, 7) is 9.64. The van der Waals surface area contributed by atoms with Crippen LogP contribution in [-0.4, -0.2) is 23.8 Å². The second-order valence-electron chi connectivity index (χ2n) is 7.31. The third-order valence-corrected chi connectivity index (χ3v) is 4.16. The predicted molar refractivity (Wildman–Crippen MR) is 78.7 cm³/mol. The summed E-state index contributed by atoms with van der Waals surface area (Å²) in [4.78, 5) is 0. The summed E-state index contributed by atoms with van der Waals surface area (Å²) < 4.78 is 0. The molecule has 0 heterocycles. The zero-order valence-corrected chi connectivity index (χ0v) is 12.8. The lowest BCUT2D eigenvalue weighted by Crippen LogP contribution is -2.36. The van der Waals surface area contributed by atoms with Crippen molar-refractivity contribution in [1.82, 2.24) is 5.32 Å². The van der Waals surface area contributed by atoms with E-state index in [1.54, 1.807) is 0 Å². The number of aliphatic hydroxyl groups is 1. The van der Waals surface area contributed by atoms with Crippen molar-refractivity contribution in [2.24, 2.45) is 11.3 Å². The molecule has 0 aromatic rings. The van der Waals surface area contributed by atoms with E-state index in [9.17, 15) is 5.11 Å². The van der Waals surface area contributed by atoms with E-state index in [1.165, 1.54) is 38.5 Å². The van der Waals surface area contributed by atoms with Crippen LogP contribution >= 0.6 is 0 Å². The van der Waals surface area contributed by atoms with Gasteiger partial charge in [-0.3, -0.25) is 0 Å². The molecule has 0 aliphatic heterocycles. The Morgan fingerprint density at radius 1 is 1.17 bits per heavy atom. The van der Waals surface area contributed by atoms with Gasteiger partial charge in [-0.15, -0.1) is 0 Å². The molecule has 0 radical (unpaired) electrons. The average Bonchev–Trinajstić information content (AvgIpc) is 2.49. The van der Waals surface area contributed by atoms with Crippen molar-refractivity contribution in [1.29, 1.82) is 0 Å². The van der Waals surface area contributed by atoms with E-state index in [2.05, 4.69) is 33.0 Å². The maximum absolute atomic E-state index is 10.0.